The number of nitrogens with two attached hydrogens (primary N) is 1. The first-order chi connectivity index (χ1) is 10.0. The van der Waals surface area contributed by atoms with Crippen molar-refractivity contribution in [1.82, 2.24) is 0 Å². The first kappa shape index (κ1) is 15.6. The fraction of sp³-hybridized carbons (Fsp3) is 0.0667. The molecule has 108 valence electrons. The van der Waals surface area contributed by atoms with Gasteiger partial charge in [0.25, 0.3) is 0 Å². The number of nitrogens with one attached hydrogen (secondary N) is 1. The van der Waals surface area contributed by atoms with E-state index in [1.165, 1.54) is 18.2 Å². The molecule has 0 saturated heterocycles. The van der Waals surface area contributed by atoms with Gasteiger partial charge in [-0.05, 0) is 52.9 Å². The third kappa shape index (κ3) is 3.64. The number of rotatable bonds is 4. The Morgan fingerprint density at radius 3 is 2.52 bits per heavy atom. The zero-order chi connectivity index (χ0) is 15.4. The van der Waals surface area contributed by atoms with Crippen LogP contribution in [0.3, 0.4) is 0 Å². The number of carbonyl (C=O) groups is 2. The van der Waals surface area contributed by atoms with Gasteiger partial charge in [0.05, 0.1) is 17.8 Å². The summed E-state index contributed by atoms with van der Waals surface area (Å²) in [4.78, 5) is 23.9. The summed E-state index contributed by atoms with van der Waals surface area (Å²) in [7, 11) is 0. The van der Waals surface area contributed by atoms with E-state index in [4.69, 9.17) is 5.73 Å². The first-order valence-electron chi connectivity index (χ1n) is 6.11. The zero-order valence-corrected chi connectivity index (χ0v) is 13.1. The maximum atomic E-state index is 13.8. The molecule has 0 aromatic heterocycles. The van der Waals surface area contributed by atoms with Crippen molar-refractivity contribution in [2.75, 3.05) is 11.9 Å². The van der Waals surface area contributed by atoms with Crippen LogP contribution in [0, 0.1) is 9.39 Å². The number of anilines is 1. The Kier molecular flexibility index (Phi) is 5.03. The van der Waals surface area contributed by atoms with E-state index >= 15 is 0 Å². The Balaban J connectivity index is 2.47. The van der Waals surface area contributed by atoms with E-state index in [9.17, 15) is 14.0 Å². The molecule has 0 saturated carbocycles. The van der Waals surface area contributed by atoms with E-state index in [2.05, 4.69) is 5.32 Å². The molecular weight excluding hydrogens is 386 g/mol. The molecule has 2 aromatic carbocycles. The summed E-state index contributed by atoms with van der Waals surface area (Å²) in [5.41, 5.74) is 5.76. The molecule has 2 aromatic rings. The molecule has 6 heteroatoms. The van der Waals surface area contributed by atoms with Crippen LogP contribution in [0.4, 0.5) is 10.1 Å². The molecule has 0 heterocycles. The monoisotopic (exact) mass is 398 g/mol. The summed E-state index contributed by atoms with van der Waals surface area (Å²) in [6.07, 6.45) is 0. The van der Waals surface area contributed by atoms with Crippen LogP contribution in [0.5, 0.6) is 0 Å². The maximum Gasteiger partial charge on any atom is 0.238 e. The van der Waals surface area contributed by atoms with E-state index in [1.54, 1.807) is 24.3 Å². The van der Waals surface area contributed by atoms with Crippen LogP contribution in [-0.2, 0) is 4.79 Å². The largest absolute Gasteiger partial charge is 0.324 e. The molecule has 0 aliphatic heterocycles. The molecule has 0 radical (unpaired) electrons. The lowest BCUT2D eigenvalue weighted by Gasteiger charge is -2.11. The number of hydrogen-bond donors (Lipinski definition) is 2. The highest BCUT2D eigenvalue weighted by atomic mass is 127. The van der Waals surface area contributed by atoms with Crippen LogP contribution in [0.25, 0.3) is 0 Å². The normalized spacial score (nSPS) is 10.2. The van der Waals surface area contributed by atoms with Gasteiger partial charge in [-0.25, -0.2) is 4.39 Å². The minimum atomic E-state index is -0.600. The first-order valence-corrected chi connectivity index (χ1v) is 7.19. The number of hydrogen-bond acceptors (Lipinski definition) is 3. The van der Waals surface area contributed by atoms with Crippen LogP contribution in [-0.4, -0.2) is 18.2 Å². The Bertz CT molecular complexity index is 704. The Morgan fingerprint density at radius 2 is 1.86 bits per heavy atom. The second-order valence-electron chi connectivity index (χ2n) is 4.25. The van der Waals surface area contributed by atoms with Gasteiger partial charge >= 0.3 is 0 Å². The number of benzene rings is 2. The van der Waals surface area contributed by atoms with Crippen LogP contribution >= 0.6 is 22.6 Å². The molecule has 3 N–H and O–H groups in total. The van der Waals surface area contributed by atoms with Crippen molar-refractivity contribution in [2.45, 2.75) is 0 Å². The highest BCUT2D eigenvalue weighted by molar-refractivity contribution is 14.1. The smallest absolute Gasteiger partial charge is 0.238 e. The SMILES string of the molecule is NCC(=O)Nc1ccc(I)cc1C(=O)c1ccccc1F. The number of amides is 1. The molecule has 2 rings (SSSR count). The summed E-state index contributed by atoms with van der Waals surface area (Å²) >= 11 is 2.04. The predicted octanol–water partition coefficient (Wildman–Crippen LogP) is 2.56. The number of ketones is 1. The number of halogens is 2. The summed E-state index contributed by atoms with van der Waals surface area (Å²) < 4.78 is 14.6. The van der Waals surface area contributed by atoms with Crippen LogP contribution in [0.1, 0.15) is 15.9 Å². The van der Waals surface area contributed by atoms with E-state index in [0.29, 0.717) is 5.69 Å². The van der Waals surface area contributed by atoms with Crippen LogP contribution in [0.2, 0.25) is 0 Å². The maximum absolute atomic E-state index is 13.8. The van der Waals surface area contributed by atoms with Gasteiger partial charge in [0, 0.05) is 9.13 Å². The van der Waals surface area contributed by atoms with Crippen LogP contribution in [0.15, 0.2) is 42.5 Å². The molecular formula is C15H12FIN2O2. The third-order valence-corrected chi connectivity index (χ3v) is 3.48. The van der Waals surface area contributed by atoms with Gasteiger partial charge in [-0.1, -0.05) is 12.1 Å². The van der Waals surface area contributed by atoms with Crippen molar-refractivity contribution >= 4 is 40.0 Å². The van der Waals surface area contributed by atoms with Crippen molar-refractivity contribution < 1.29 is 14.0 Å². The van der Waals surface area contributed by atoms with Gasteiger partial charge in [-0.2, -0.15) is 0 Å². The summed E-state index contributed by atoms with van der Waals surface area (Å²) in [6, 6.07) is 10.7. The fourth-order valence-electron chi connectivity index (χ4n) is 1.81. The van der Waals surface area contributed by atoms with Crippen LogP contribution < -0.4 is 11.1 Å². The summed E-state index contributed by atoms with van der Waals surface area (Å²) in [5, 5.41) is 2.55. The average molecular weight is 398 g/mol. The Hall–Kier alpha value is -1.80. The Morgan fingerprint density at radius 1 is 1.14 bits per heavy atom. The summed E-state index contributed by atoms with van der Waals surface area (Å²) in [6.45, 7) is -0.195. The van der Waals surface area contributed by atoms with Crippen molar-refractivity contribution in [3.63, 3.8) is 0 Å². The molecule has 0 unspecified atom stereocenters. The minimum Gasteiger partial charge on any atom is -0.324 e. The van der Waals surface area contributed by atoms with Gasteiger partial charge in [-0.3, -0.25) is 9.59 Å². The molecule has 0 spiro atoms. The quantitative estimate of drug-likeness (QED) is 0.615. The van der Waals surface area contributed by atoms with E-state index in [-0.39, 0.29) is 17.7 Å². The molecule has 21 heavy (non-hydrogen) atoms. The standard InChI is InChI=1S/C15H12FIN2O2/c16-12-4-2-1-3-10(12)15(21)11-7-9(17)5-6-13(11)19-14(20)8-18/h1-7H,8,18H2,(H,19,20). The van der Waals surface area contributed by atoms with Gasteiger partial charge < -0.3 is 11.1 Å². The summed E-state index contributed by atoms with van der Waals surface area (Å²) in [5.74, 6) is -1.50. The van der Waals surface area contributed by atoms with Crippen molar-refractivity contribution in [3.8, 4) is 0 Å². The number of carbonyl (C=O) groups excluding carboxylic acids is 2. The molecule has 0 fully saturated rings. The lowest BCUT2D eigenvalue weighted by atomic mass is 10.0. The van der Waals surface area contributed by atoms with Gasteiger partial charge in [0.2, 0.25) is 5.91 Å². The molecule has 0 bridgehead atoms. The molecule has 0 aliphatic rings. The lowest BCUT2D eigenvalue weighted by Crippen LogP contribution is -2.23. The topological polar surface area (TPSA) is 72.2 Å². The van der Waals surface area contributed by atoms with E-state index < -0.39 is 17.5 Å². The zero-order valence-electron chi connectivity index (χ0n) is 10.9. The van der Waals surface area contributed by atoms with Gasteiger partial charge in [0.15, 0.2) is 5.78 Å². The molecule has 1 amide bonds. The second-order valence-corrected chi connectivity index (χ2v) is 5.50. The Labute approximate surface area is 134 Å². The molecule has 0 aliphatic carbocycles. The van der Waals surface area contributed by atoms with Crippen molar-refractivity contribution in [2.24, 2.45) is 5.73 Å². The van der Waals surface area contributed by atoms with Gasteiger partial charge in [0.1, 0.15) is 5.82 Å². The molecule has 4 nitrogen and oxygen atoms in total. The highest BCUT2D eigenvalue weighted by Crippen LogP contribution is 2.23. The van der Waals surface area contributed by atoms with Crippen molar-refractivity contribution in [3.05, 3.63) is 63.0 Å². The highest BCUT2D eigenvalue weighted by Gasteiger charge is 2.18. The van der Waals surface area contributed by atoms with E-state index in [1.807, 2.05) is 22.6 Å². The van der Waals surface area contributed by atoms with Crippen molar-refractivity contribution in [1.29, 1.82) is 0 Å². The van der Waals surface area contributed by atoms with Gasteiger partial charge in [-0.15, -0.1) is 0 Å². The predicted molar refractivity (Wildman–Crippen MR) is 86.7 cm³/mol. The average Bonchev–Trinajstić information content (AvgIpc) is 2.48. The lowest BCUT2D eigenvalue weighted by molar-refractivity contribution is -0.114. The fourth-order valence-corrected chi connectivity index (χ4v) is 2.30. The minimum absolute atomic E-state index is 0.0391. The second kappa shape index (κ2) is 6.77. The van der Waals surface area contributed by atoms with E-state index in [0.717, 1.165) is 3.57 Å². The third-order valence-electron chi connectivity index (χ3n) is 2.80. The molecule has 0 atom stereocenters.